The van der Waals surface area contributed by atoms with Crippen molar-refractivity contribution in [1.29, 1.82) is 0 Å². The Hall–Kier alpha value is -1.75. The molecule has 0 bridgehead atoms. The second kappa shape index (κ2) is 4.74. The zero-order chi connectivity index (χ0) is 14.2. The minimum atomic E-state index is -1.01. The Bertz CT molecular complexity index is 611. The Morgan fingerprint density at radius 2 is 1.84 bits per heavy atom. The molecule has 0 aliphatic heterocycles. The fourth-order valence-electron chi connectivity index (χ4n) is 1.59. The Morgan fingerprint density at radius 1 is 1.26 bits per heavy atom. The van der Waals surface area contributed by atoms with E-state index in [4.69, 9.17) is 0 Å². The highest BCUT2D eigenvalue weighted by Gasteiger charge is 2.25. The molecule has 19 heavy (non-hydrogen) atoms. The zero-order valence-electron chi connectivity index (χ0n) is 10.9. The lowest BCUT2D eigenvalue weighted by Crippen LogP contribution is -2.10. The molecule has 1 aromatic heterocycles. The maximum absolute atomic E-state index is 12.9. The van der Waals surface area contributed by atoms with Gasteiger partial charge in [0.15, 0.2) is 0 Å². The molecule has 0 saturated heterocycles. The van der Waals surface area contributed by atoms with Gasteiger partial charge in [0.05, 0.1) is 10.7 Å². The number of benzene rings is 1. The number of aromatic nitrogens is 1. The van der Waals surface area contributed by atoms with Crippen molar-refractivity contribution < 1.29 is 14.3 Å². The van der Waals surface area contributed by atoms with E-state index < -0.39 is 5.97 Å². The van der Waals surface area contributed by atoms with Crippen LogP contribution in [-0.4, -0.2) is 16.1 Å². The molecule has 0 spiro atoms. The third-order valence-corrected chi connectivity index (χ3v) is 4.05. The van der Waals surface area contributed by atoms with Crippen LogP contribution < -0.4 is 0 Å². The molecule has 0 aliphatic carbocycles. The normalized spacial score (nSPS) is 11.6. The third kappa shape index (κ3) is 2.81. The van der Waals surface area contributed by atoms with Crippen molar-refractivity contribution in [3.63, 3.8) is 0 Å². The maximum atomic E-state index is 12.9. The largest absolute Gasteiger partial charge is 0.477 e. The standard InChI is InChI=1S/C14H14FNO2S/c1-14(2,3)13-16-10(11(19-13)12(17)18)8-4-6-9(15)7-5-8/h4-7H,1-3H3,(H,17,18). The summed E-state index contributed by atoms with van der Waals surface area (Å²) in [5.41, 5.74) is 0.806. The lowest BCUT2D eigenvalue weighted by molar-refractivity contribution is 0.0702. The van der Waals surface area contributed by atoms with E-state index in [9.17, 15) is 14.3 Å². The number of nitrogens with zero attached hydrogens (tertiary/aromatic N) is 1. The number of halogens is 1. The van der Waals surface area contributed by atoms with Crippen molar-refractivity contribution in [3.8, 4) is 11.3 Å². The molecule has 0 unspecified atom stereocenters. The quantitative estimate of drug-likeness (QED) is 0.905. The third-order valence-electron chi connectivity index (χ3n) is 2.58. The lowest BCUT2D eigenvalue weighted by atomic mass is 9.98. The van der Waals surface area contributed by atoms with Crippen LogP contribution in [0.5, 0.6) is 0 Å². The molecular weight excluding hydrogens is 265 g/mol. The molecular formula is C14H14FNO2S. The number of rotatable bonds is 2. The van der Waals surface area contributed by atoms with Gasteiger partial charge in [-0.3, -0.25) is 0 Å². The number of thiazole rings is 1. The van der Waals surface area contributed by atoms with Crippen molar-refractivity contribution in [2.24, 2.45) is 0 Å². The smallest absolute Gasteiger partial charge is 0.348 e. The highest BCUT2D eigenvalue weighted by atomic mass is 32.1. The SMILES string of the molecule is CC(C)(C)c1nc(-c2ccc(F)cc2)c(C(=O)O)s1. The van der Waals surface area contributed by atoms with Crippen LogP contribution in [-0.2, 0) is 5.41 Å². The summed E-state index contributed by atoms with van der Waals surface area (Å²) in [6, 6.07) is 5.70. The van der Waals surface area contributed by atoms with Gasteiger partial charge in [-0.25, -0.2) is 14.2 Å². The first-order valence-corrected chi connectivity index (χ1v) is 6.61. The average Bonchev–Trinajstić information content (AvgIpc) is 2.74. The summed E-state index contributed by atoms with van der Waals surface area (Å²) in [6.07, 6.45) is 0. The van der Waals surface area contributed by atoms with E-state index in [-0.39, 0.29) is 16.1 Å². The summed E-state index contributed by atoms with van der Waals surface area (Å²) < 4.78 is 12.9. The van der Waals surface area contributed by atoms with Crippen LogP contribution >= 0.6 is 11.3 Å². The lowest BCUT2D eigenvalue weighted by Gasteiger charge is -2.13. The van der Waals surface area contributed by atoms with Crippen molar-refractivity contribution >= 4 is 17.3 Å². The van der Waals surface area contributed by atoms with Gasteiger partial charge in [-0.2, -0.15) is 0 Å². The zero-order valence-corrected chi connectivity index (χ0v) is 11.7. The van der Waals surface area contributed by atoms with Gasteiger partial charge >= 0.3 is 5.97 Å². The molecule has 0 atom stereocenters. The van der Waals surface area contributed by atoms with Crippen molar-refractivity contribution in [2.75, 3.05) is 0 Å². The topological polar surface area (TPSA) is 50.2 Å². The minimum absolute atomic E-state index is 0.191. The van der Waals surface area contributed by atoms with Gasteiger partial charge in [0.1, 0.15) is 10.7 Å². The summed E-state index contributed by atoms with van der Waals surface area (Å²) in [6.45, 7) is 5.93. The summed E-state index contributed by atoms with van der Waals surface area (Å²) >= 11 is 1.17. The minimum Gasteiger partial charge on any atom is -0.477 e. The molecule has 1 heterocycles. The number of aromatic carboxylic acids is 1. The molecule has 3 nitrogen and oxygen atoms in total. The van der Waals surface area contributed by atoms with E-state index in [1.165, 1.54) is 23.5 Å². The molecule has 1 N–H and O–H groups in total. The van der Waals surface area contributed by atoms with E-state index in [1.54, 1.807) is 12.1 Å². The summed E-state index contributed by atoms with van der Waals surface area (Å²) in [5, 5.41) is 10.0. The number of hydrogen-bond donors (Lipinski definition) is 1. The predicted molar refractivity (Wildman–Crippen MR) is 73.2 cm³/mol. The first kappa shape index (κ1) is 13.7. The highest BCUT2D eigenvalue weighted by Crippen LogP contribution is 2.34. The first-order valence-electron chi connectivity index (χ1n) is 5.79. The van der Waals surface area contributed by atoms with Gasteiger partial charge in [-0.15, -0.1) is 11.3 Å². The second-order valence-electron chi connectivity index (χ2n) is 5.26. The van der Waals surface area contributed by atoms with E-state index in [0.717, 1.165) is 5.01 Å². The molecule has 2 aromatic rings. The Morgan fingerprint density at radius 3 is 2.32 bits per heavy atom. The number of carboxylic acid groups (broad SMARTS) is 1. The molecule has 0 radical (unpaired) electrons. The monoisotopic (exact) mass is 279 g/mol. The predicted octanol–water partition coefficient (Wildman–Crippen LogP) is 3.94. The second-order valence-corrected chi connectivity index (χ2v) is 6.26. The molecule has 0 fully saturated rings. The van der Waals surface area contributed by atoms with E-state index >= 15 is 0 Å². The van der Waals surface area contributed by atoms with Gasteiger partial charge in [0, 0.05) is 11.0 Å². The van der Waals surface area contributed by atoms with Crippen molar-refractivity contribution in [2.45, 2.75) is 26.2 Å². The van der Waals surface area contributed by atoms with Crippen LogP contribution in [0.25, 0.3) is 11.3 Å². The molecule has 0 saturated carbocycles. The molecule has 1 aromatic carbocycles. The molecule has 100 valence electrons. The number of carboxylic acids is 1. The van der Waals surface area contributed by atoms with E-state index in [1.807, 2.05) is 20.8 Å². The van der Waals surface area contributed by atoms with Gasteiger partial charge in [-0.05, 0) is 24.3 Å². The van der Waals surface area contributed by atoms with Gasteiger partial charge in [-0.1, -0.05) is 20.8 Å². The van der Waals surface area contributed by atoms with Crippen molar-refractivity contribution in [1.82, 2.24) is 4.98 Å². The summed E-state index contributed by atoms with van der Waals surface area (Å²) in [5.74, 6) is -1.36. The summed E-state index contributed by atoms with van der Waals surface area (Å²) in [4.78, 5) is 15.9. The number of carbonyl (C=O) groups is 1. The van der Waals surface area contributed by atoms with Gasteiger partial charge in [0.25, 0.3) is 0 Å². The first-order chi connectivity index (χ1) is 8.79. The van der Waals surface area contributed by atoms with Crippen LogP contribution in [0.3, 0.4) is 0 Å². The van der Waals surface area contributed by atoms with Crippen LogP contribution in [0.4, 0.5) is 4.39 Å². The molecule has 0 aliphatic rings. The van der Waals surface area contributed by atoms with Gasteiger partial charge < -0.3 is 5.11 Å². The molecule has 5 heteroatoms. The Labute approximate surface area is 114 Å². The number of hydrogen-bond acceptors (Lipinski definition) is 3. The van der Waals surface area contributed by atoms with Crippen molar-refractivity contribution in [3.05, 3.63) is 40.0 Å². The van der Waals surface area contributed by atoms with Crippen LogP contribution in [0, 0.1) is 5.82 Å². The van der Waals surface area contributed by atoms with Crippen LogP contribution in [0.15, 0.2) is 24.3 Å². The van der Waals surface area contributed by atoms with E-state index in [0.29, 0.717) is 11.3 Å². The fourth-order valence-corrected chi connectivity index (χ4v) is 2.57. The average molecular weight is 279 g/mol. The van der Waals surface area contributed by atoms with Crippen LogP contribution in [0.2, 0.25) is 0 Å². The molecule has 2 rings (SSSR count). The maximum Gasteiger partial charge on any atom is 0.348 e. The van der Waals surface area contributed by atoms with Gasteiger partial charge in [0.2, 0.25) is 0 Å². The fraction of sp³-hybridized carbons (Fsp3) is 0.286. The Balaban J connectivity index is 2.58. The van der Waals surface area contributed by atoms with E-state index in [2.05, 4.69) is 4.98 Å². The molecule has 0 amide bonds. The highest BCUT2D eigenvalue weighted by molar-refractivity contribution is 7.14. The summed E-state index contributed by atoms with van der Waals surface area (Å²) in [7, 11) is 0. The van der Waals surface area contributed by atoms with Crippen LogP contribution in [0.1, 0.15) is 35.5 Å². The Kier molecular flexibility index (Phi) is 3.41.